The summed E-state index contributed by atoms with van der Waals surface area (Å²) in [5.41, 5.74) is 1.46. The van der Waals surface area contributed by atoms with Crippen molar-refractivity contribution in [2.24, 2.45) is 0 Å². The summed E-state index contributed by atoms with van der Waals surface area (Å²) in [5.74, 6) is 0.0406. The van der Waals surface area contributed by atoms with Crippen LogP contribution in [0.3, 0.4) is 0 Å². The number of piperazine rings is 1. The third kappa shape index (κ3) is 2.20. The van der Waals surface area contributed by atoms with Crippen LogP contribution < -0.4 is 5.32 Å². The minimum Gasteiger partial charge on any atom is -0.334 e. The molecule has 0 saturated carbocycles. The van der Waals surface area contributed by atoms with Crippen LogP contribution in [0.5, 0.6) is 0 Å². The second-order valence-corrected chi connectivity index (χ2v) is 5.77. The third-order valence-electron chi connectivity index (χ3n) is 4.49. The molecule has 2 aliphatic heterocycles. The lowest BCUT2D eigenvalue weighted by atomic mass is 10.0. The molecular weight excluding hydrogens is 266 g/mol. The fourth-order valence-electron chi connectivity index (χ4n) is 3.18. The number of hydrogen-bond acceptors (Lipinski definition) is 4. The van der Waals surface area contributed by atoms with E-state index in [9.17, 15) is 4.79 Å². The smallest absolute Gasteiger partial charge is 0.275 e. The van der Waals surface area contributed by atoms with Gasteiger partial charge in [0.15, 0.2) is 5.69 Å². The molecule has 0 bridgehead atoms. The Morgan fingerprint density at radius 3 is 2.76 bits per heavy atom. The first kappa shape index (κ1) is 12.8. The average Bonchev–Trinajstić information content (AvgIpc) is 2.90. The highest BCUT2D eigenvalue weighted by molar-refractivity contribution is 6.04. The molecular formula is C15H19N5O. The Hall–Kier alpha value is -1.92. The molecule has 0 spiro atoms. The molecule has 2 fully saturated rings. The van der Waals surface area contributed by atoms with Crippen LogP contribution in [-0.4, -0.2) is 71.2 Å². The van der Waals surface area contributed by atoms with Gasteiger partial charge in [-0.1, -0.05) is 18.2 Å². The normalized spacial score (nSPS) is 20.7. The molecule has 0 radical (unpaired) electrons. The van der Waals surface area contributed by atoms with Crippen molar-refractivity contribution in [3.05, 3.63) is 30.0 Å². The maximum Gasteiger partial charge on any atom is 0.275 e. The van der Waals surface area contributed by atoms with Crippen LogP contribution in [0.1, 0.15) is 10.5 Å². The fourth-order valence-corrected chi connectivity index (χ4v) is 3.18. The van der Waals surface area contributed by atoms with E-state index in [1.54, 1.807) is 0 Å². The Morgan fingerprint density at radius 2 is 1.95 bits per heavy atom. The number of hydrogen-bond donors (Lipinski definition) is 2. The van der Waals surface area contributed by atoms with Crippen LogP contribution in [0.2, 0.25) is 0 Å². The van der Waals surface area contributed by atoms with Gasteiger partial charge in [0.2, 0.25) is 0 Å². The molecule has 0 aliphatic carbocycles. The molecule has 0 unspecified atom stereocenters. The number of benzene rings is 1. The predicted octanol–water partition coefficient (Wildman–Crippen LogP) is 0.292. The Balaban J connectivity index is 1.45. The van der Waals surface area contributed by atoms with E-state index in [1.807, 2.05) is 29.2 Å². The summed E-state index contributed by atoms with van der Waals surface area (Å²) in [6.45, 7) is 5.90. The number of para-hydroxylation sites is 1. The summed E-state index contributed by atoms with van der Waals surface area (Å²) in [6.07, 6.45) is 0. The van der Waals surface area contributed by atoms with Gasteiger partial charge in [0.05, 0.1) is 5.52 Å². The third-order valence-corrected chi connectivity index (χ3v) is 4.49. The lowest BCUT2D eigenvalue weighted by molar-refractivity contribution is 0.0224. The van der Waals surface area contributed by atoms with Crippen molar-refractivity contribution in [1.82, 2.24) is 25.3 Å². The molecule has 6 heteroatoms. The number of carbonyl (C=O) groups is 1. The van der Waals surface area contributed by atoms with Crippen LogP contribution in [0.15, 0.2) is 24.3 Å². The first-order valence-corrected chi connectivity index (χ1v) is 7.50. The highest BCUT2D eigenvalue weighted by Gasteiger charge is 2.36. The van der Waals surface area contributed by atoms with Crippen molar-refractivity contribution < 1.29 is 4.79 Å². The first-order chi connectivity index (χ1) is 10.3. The van der Waals surface area contributed by atoms with Crippen LogP contribution in [0.25, 0.3) is 10.9 Å². The second-order valence-electron chi connectivity index (χ2n) is 5.77. The molecule has 1 amide bonds. The summed E-state index contributed by atoms with van der Waals surface area (Å²) in [5, 5.41) is 11.4. The number of fused-ring (bicyclic) bond motifs is 1. The van der Waals surface area contributed by atoms with E-state index in [2.05, 4.69) is 20.4 Å². The van der Waals surface area contributed by atoms with Gasteiger partial charge in [-0.15, -0.1) is 0 Å². The molecule has 3 heterocycles. The van der Waals surface area contributed by atoms with Crippen molar-refractivity contribution >= 4 is 16.8 Å². The van der Waals surface area contributed by atoms with Crippen LogP contribution in [0, 0.1) is 0 Å². The predicted molar refractivity (Wildman–Crippen MR) is 80.2 cm³/mol. The van der Waals surface area contributed by atoms with Crippen molar-refractivity contribution in [3.63, 3.8) is 0 Å². The summed E-state index contributed by atoms with van der Waals surface area (Å²) >= 11 is 0. The number of amides is 1. The maximum absolute atomic E-state index is 12.5. The lowest BCUT2D eigenvalue weighted by Crippen LogP contribution is -2.63. The number of carbonyl (C=O) groups excluding carboxylic acids is 1. The highest BCUT2D eigenvalue weighted by Crippen LogP contribution is 2.22. The minimum atomic E-state index is 0.0406. The molecule has 2 saturated heterocycles. The topological polar surface area (TPSA) is 64.3 Å². The quantitative estimate of drug-likeness (QED) is 0.832. The van der Waals surface area contributed by atoms with Gasteiger partial charge in [-0.3, -0.25) is 14.8 Å². The molecule has 2 aliphatic rings. The van der Waals surface area contributed by atoms with Crippen LogP contribution in [-0.2, 0) is 0 Å². The second kappa shape index (κ2) is 5.13. The maximum atomic E-state index is 12.5. The number of nitrogens with zero attached hydrogens (tertiary/aromatic N) is 3. The van der Waals surface area contributed by atoms with Crippen molar-refractivity contribution in [3.8, 4) is 0 Å². The van der Waals surface area contributed by atoms with E-state index in [-0.39, 0.29) is 5.91 Å². The van der Waals surface area contributed by atoms with Gasteiger partial charge in [0.25, 0.3) is 5.91 Å². The number of H-pyrrole nitrogens is 1. The van der Waals surface area contributed by atoms with E-state index in [0.717, 1.165) is 50.2 Å². The zero-order valence-corrected chi connectivity index (χ0v) is 11.9. The lowest BCUT2D eigenvalue weighted by Gasteiger charge is -2.46. The SMILES string of the molecule is O=C(c1n[nH]c2ccccc12)N1CC(N2CCNCC2)C1. The molecule has 4 rings (SSSR count). The molecule has 6 nitrogen and oxygen atoms in total. The van der Waals surface area contributed by atoms with E-state index in [4.69, 9.17) is 0 Å². The zero-order chi connectivity index (χ0) is 14.2. The summed E-state index contributed by atoms with van der Waals surface area (Å²) in [4.78, 5) is 16.9. The molecule has 1 aromatic carbocycles. The Morgan fingerprint density at radius 1 is 1.19 bits per heavy atom. The van der Waals surface area contributed by atoms with Crippen LogP contribution >= 0.6 is 0 Å². The largest absolute Gasteiger partial charge is 0.334 e. The molecule has 110 valence electrons. The monoisotopic (exact) mass is 285 g/mol. The number of rotatable bonds is 2. The van der Waals surface area contributed by atoms with Crippen molar-refractivity contribution in [1.29, 1.82) is 0 Å². The van der Waals surface area contributed by atoms with Gasteiger partial charge < -0.3 is 10.2 Å². The van der Waals surface area contributed by atoms with Gasteiger partial charge >= 0.3 is 0 Å². The Labute approximate surface area is 123 Å². The van der Waals surface area contributed by atoms with Gasteiger partial charge in [-0.25, -0.2) is 0 Å². The zero-order valence-electron chi connectivity index (χ0n) is 11.9. The molecule has 0 atom stereocenters. The van der Waals surface area contributed by atoms with Crippen molar-refractivity contribution in [2.45, 2.75) is 6.04 Å². The van der Waals surface area contributed by atoms with Gasteiger partial charge in [0.1, 0.15) is 0 Å². The molecule has 21 heavy (non-hydrogen) atoms. The molecule has 1 aromatic heterocycles. The van der Waals surface area contributed by atoms with Gasteiger partial charge in [-0.2, -0.15) is 5.10 Å². The first-order valence-electron chi connectivity index (χ1n) is 7.50. The van der Waals surface area contributed by atoms with E-state index in [1.165, 1.54) is 0 Å². The standard InChI is InChI=1S/C15H19N5O/c21-15(14-12-3-1-2-4-13(12)17-18-14)20-9-11(10-20)19-7-5-16-6-8-19/h1-4,11,16H,5-10H2,(H,17,18). The highest BCUT2D eigenvalue weighted by atomic mass is 16.2. The van der Waals surface area contributed by atoms with Gasteiger partial charge in [-0.05, 0) is 6.07 Å². The average molecular weight is 285 g/mol. The number of nitrogens with one attached hydrogen (secondary N) is 2. The van der Waals surface area contributed by atoms with Crippen LogP contribution in [0.4, 0.5) is 0 Å². The number of aromatic nitrogens is 2. The van der Waals surface area contributed by atoms with E-state index >= 15 is 0 Å². The number of likely N-dealkylation sites (tertiary alicyclic amines) is 1. The van der Waals surface area contributed by atoms with E-state index < -0.39 is 0 Å². The Kier molecular flexibility index (Phi) is 3.12. The summed E-state index contributed by atoms with van der Waals surface area (Å²) in [6, 6.07) is 8.28. The fraction of sp³-hybridized carbons (Fsp3) is 0.467. The Bertz CT molecular complexity index is 655. The molecule has 2 aromatic rings. The van der Waals surface area contributed by atoms with Crippen molar-refractivity contribution in [2.75, 3.05) is 39.3 Å². The van der Waals surface area contributed by atoms with E-state index in [0.29, 0.717) is 11.7 Å². The minimum absolute atomic E-state index is 0.0406. The summed E-state index contributed by atoms with van der Waals surface area (Å²) < 4.78 is 0. The number of aromatic amines is 1. The van der Waals surface area contributed by atoms with Gasteiger partial charge in [0, 0.05) is 50.7 Å². The molecule has 2 N–H and O–H groups in total. The summed E-state index contributed by atoms with van der Waals surface area (Å²) in [7, 11) is 0.